The predicted molar refractivity (Wildman–Crippen MR) is 85.5 cm³/mol. The molecule has 0 atom stereocenters. The monoisotopic (exact) mass is 337 g/mol. The van der Waals surface area contributed by atoms with Crippen LogP contribution in [0.5, 0.6) is 0 Å². The number of nitrogens with two attached hydrogens (primary N) is 1. The Kier molecular flexibility index (Phi) is 5.42. The highest BCUT2D eigenvalue weighted by Crippen LogP contribution is 2.22. The first-order valence-corrected chi connectivity index (χ1v) is 7.67. The molecular weight excluding hydrogens is 322 g/mol. The van der Waals surface area contributed by atoms with Crippen molar-refractivity contribution in [2.24, 2.45) is 10.7 Å². The van der Waals surface area contributed by atoms with Crippen LogP contribution in [0.2, 0.25) is 0 Å². The fourth-order valence-corrected chi connectivity index (χ4v) is 3.04. The van der Waals surface area contributed by atoms with Gasteiger partial charge in [0.25, 0.3) is 0 Å². The van der Waals surface area contributed by atoms with Gasteiger partial charge in [-0.1, -0.05) is 30.3 Å². The lowest BCUT2D eigenvalue weighted by Gasteiger charge is -2.05. The van der Waals surface area contributed by atoms with Gasteiger partial charge in [0, 0.05) is 11.4 Å². The highest BCUT2D eigenvalue weighted by molar-refractivity contribution is 9.11. The van der Waals surface area contributed by atoms with Crippen molar-refractivity contribution in [2.75, 3.05) is 6.54 Å². The summed E-state index contributed by atoms with van der Waals surface area (Å²) in [6.07, 6.45) is 0.946. The van der Waals surface area contributed by atoms with Crippen LogP contribution in [0.15, 0.2) is 51.2 Å². The summed E-state index contributed by atoms with van der Waals surface area (Å²) >= 11 is 5.11. The third-order valence-corrected chi connectivity index (χ3v) is 4.21. The molecule has 1 aromatic heterocycles. The van der Waals surface area contributed by atoms with Crippen LogP contribution in [-0.4, -0.2) is 12.5 Å². The Labute approximate surface area is 125 Å². The molecule has 0 amide bonds. The highest BCUT2D eigenvalue weighted by atomic mass is 79.9. The van der Waals surface area contributed by atoms with Gasteiger partial charge in [-0.05, 0) is 40.0 Å². The van der Waals surface area contributed by atoms with E-state index in [4.69, 9.17) is 5.73 Å². The fraction of sp³-hybridized carbons (Fsp3) is 0.214. The zero-order chi connectivity index (χ0) is 13.5. The van der Waals surface area contributed by atoms with Gasteiger partial charge in [0.1, 0.15) is 0 Å². The molecule has 0 aliphatic carbocycles. The maximum Gasteiger partial charge on any atom is 0.188 e. The molecule has 3 nitrogen and oxygen atoms in total. The molecule has 0 radical (unpaired) electrons. The van der Waals surface area contributed by atoms with Crippen LogP contribution >= 0.6 is 27.3 Å². The number of thiophene rings is 1. The van der Waals surface area contributed by atoms with Crippen molar-refractivity contribution >= 4 is 33.2 Å². The zero-order valence-corrected chi connectivity index (χ0v) is 12.9. The molecule has 1 aromatic carbocycles. The van der Waals surface area contributed by atoms with Gasteiger partial charge in [-0.3, -0.25) is 0 Å². The first-order valence-electron chi connectivity index (χ1n) is 6.06. The lowest BCUT2D eigenvalue weighted by atomic mass is 10.1. The van der Waals surface area contributed by atoms with Crippen molar-refractivity contribution in [3.63, 3.8) is 0 Å². The van der Waals surface area contributed by atoms with Crippen molar-refractivity contribution in [1.29, 1.82) is 0 Å². The van der Waals surface area contributed by atoms with Crippen molar-refractivity contribution in [2.45, 2.75) is 13.0 Å². The number of halogens is 1. The highest BCUT2D eigenvalue weighted by Gasteiger charge is 1.97. The molecule has 0 fully saturated rings. The lowest BCUT2D eigenvalue weighted by molar-refractivity contribution is 0.849. The van der Waals surface area contributed by atoms with Gasteiger partial charge < -0.3 is 11.1 Å². The Bertz CT molecular complexity index is 537. The van der Waals surface area contributed by atoms with Crippen LogP contribution in [0.3, 0.4) is 0 Å². The molecule has 19 heavy (non-hydrogen) atoms. The van der Waals surface area contributed by atoms with Crippen LogP contribution < -0.4 is 11.1 Å². The van der Waals surface area contributed by atoms with Crippen LogP contribution in [0.25, 0.3) is 0 Å². The van der Waals surface area contributed by atoms with Crippen LogP contribution in [0.4, 0.5) is 0 Å². The molecular formula is C14H16BrN3S. The number of nitrogens with zero attached hydrogens (tertiary/aromatic N) is 1. The number of hydrogen-bond donors (Lipinski definition) is 2. The standard InChI is InChI=1S/C14H16BrN3S/c15-13-7-6-12(19-13)10-18-14(16)17-9-8-11-4-2-1-3-5-11/h1-7H,8-10H2,(H3,16,17,18). The number of aliphatic imine (C=N–C) groups is 1. The Balaban J connectivity index is 1.73. The molecule has 0 aliphatic rings. The average molecular weight is 338 g/mol. The molecule has 0 saturated heterocycles. The summed E-state index contributed by atoms with van der Waals surface area (Å²) in [7, 11) is 0. The van der Waals surface area contributed by atoms with Gasteiger partial charge >= 0.3 is 0 Å². The van der Waals surface area contributed by atoms with E-state index in [9.17, 15) is 0 Å². The molecule has 3 N–H and O–H groups in total. The Hall–Kier alpha value is -1.33. The Morgan fingerprint density at radius 1 is 1.21 bits per heavy atom. The summed E-state index contributed by atoms with van der Waals surface area (Å²) in [5, 5.41) is 3.13. The maximum absolute atomic E-state index is 5.82. The molecule has 0 aliphatic heterocycles. The largest absolute Gasteiger partial charge is 0.370 e. The van der Waals surface area contributed by atoms with E-state index in [1.165, 1.54) is 10.4 Å². The molecule has 100 valence electrons. The second kappa shape index (κ2) is 7.31. The van der Waals surface area contributed by atoms with Crippen LogP contribution in [-0.2, 0) is 13.0 Å². The molecule has 1 heterocycles. The molecule has 0 unspecified atom stereocenters. The van der Waals surface area contributed by atoms with E-state index in [-0.39, 0.29) is 0 Å². The third kappa shape index (κ3) is 5.04. The van der Waals surface area contributed by atoms with Gasteiger partial charge in [-0.25, -0.2) is 4.99 Å². The summed E-state index contributed by atoms with van der Waals surface area (Å²) < 4.78 is 1.12. The van der Waals surface area contributed by atoms with Gasteiger partial charge in [0.05, 0.1) is 10.3 Å². The summed E-state index contributed by atoms with van der Waals surface area (Å²) in [6, 6.07) is 14.4. The Morgan fingerprint density at radius 3 is 2.68 bits per heavy atom. The smallest absolute Gasteiger partial charge is 0.188 e. The minimum Gasteiger partial charge on any atom is -0.370 e. The van der Waals surface area contributed by atoms with Crippen molar-refractivity contribution in [1.82, 2.24) is 5.32 Å². The number of guanidine groups is 1. The molecule has 0 saturated carbocycles. The maximum atomic E-state index is 5.82. The molecule has 2 rings (SSSR count). The van der Waals surface area contributed by atoms with Crippen molar-refractivity contribution in [3.05, 3.63) is 56.7 Å². The molecule has 5 heteroatoms. The molecule has 2 aromatic rings. The lowest BCUT2D eigenvalue weighted by Crippen LogP contribution is -2.33. The number of rotatable bonds is 5. The second-order valence-corrected chi connectivity index (χ2v) is 6.62. The van der Waals surface area contributed by atoms with E-state index in [1.54, 1.807) is 11.3 Å². The number of hydrogen-bond acceptors (Lipinski definition) is 2. The summed E-state index contributed by atoms with van der Waals surface area (Å²) in [6.45, 7) is 1.42. The number of nitrogens with one attached hydrogen (secondary N) is 1. The minimum atomic E-state index is 0.500. The molecule has 0 bridgehead atoms. The van der Waals surface area contributed by atoms with Gasteiger partial charge in [0.2, 0.25) is 0 Å². The average Bonchev–Trinajstić information content (AvgIpc) is 2.83. The molecule has 0 spiro atoms. The predicted octanol–water partition coefficient (Wildman–Crippen LogP) is 3.16. The third-order valence-electron chi connectivity index (χ3n) is 2.60. The minimum absolute atomic E-state index is 0.500. The van der Waals surface area contributed by atoms with E-state index >= 15 is 0 Å². The van der Waals surface area contributed by atoms with E-state index in [0.717, 1.165) is 16.8 Å². The number of benzene rings is 1. The van der Waals surface area contributed by atoms with Gasteiger partial charge in [-0.2, -0.15) is 0 Å². The summed E-state index contributed by atoms with van der Waals surface area (Å²) in [5.74, 6) is 0.500. The topological polar surface area (TPSA) is 50.4 Å². The summed E-state index contributed by atoms with van der Waals surface area (Å²) in [4.78, 5) is 5.51. The van der Waals surface area contributed by atoms with Crippen molar-refractivity contribution < 1.29 is 0 Å². The van der Waals surface area contributed by atoms with Gasteiger partial charge in [-0.15, -0.1) is 11.3 Å². The first kappa shape index (κ1) is 14.1. The van der Waals surface area contributed by atoms with Crippen LogP contribution in [0, 0.1) is 0 Å². The summed E-state index contributed by atoms with van der Waals surface area (Å²) in [5.41, 5.74) is 7.12. The SMILES string of the molecule is NC(=NCc1ccc(Br)s1)NCCc1ccccc1. The second-order valence-electron chi connectivity index (χ2n) is 4.07. The van der Waals surface area contributed by atoms with Crippen molar-refractivity contribution in [3.8, 4) is 0 Å². The van der Waals surface area contributed by atoms with E-state index in [1.807, 2.05) is 24.3 Å². The van der Waals surface area contributed by atoms with Gasteiger partial charge in [0.15, 0.2) is 5.96 Å². The van der Waals surface area contributed by atoms with E-state index in [0.29, 0.717) is 12.5 Å². The van der Waals surface area contributed by atoms with E-state index in [2.05, 4.69) is 44.4 Å². The van der Waals surface area contributed by atoms with E-state index < -0.39 is 0 Å². The zero-order valence-electron chi connectivity index (χ0n) is 10.5. The fourth-order valence-electron chi connectivity index (χ4n) is 1.64. The first-order chi connectivity index (χ1) is 9.24. The quantitative estimate of drug-likeness (QED) is 0.650. The Morgan fingerprint density at radius 2 is 2.00 bits per heavy atom. The normalized spacial score (nSPS) is 11.5. The van der Waals surface area contributed by atoms with Crippen LogP contribution in [0.1, 0.15) is 10.4 Å².